The lowest BCUT2D eigenvalue weighted by atomic mass is 10.2. The predicted molar refractivity (Wildman–Crippen MR) is 57.6 cm³/mol. The maximum absolute atomic E-state index is 12.0. The largest absolute Gasteiger partial charge is 0.493 e. The van der Waals surface area contributed by atoms with Gasteiger partial charge in [-0.25, -0.2) is 0 Å². The van der Waals surface area contributed by atoms with Gasteiger partial charge in [-0.2, -0.15) is 8.78 Å². The lowest BCUT2D eigenvalue weighted by molar-refractivity contribution is -0.0512. The predicted octanol–water partition coefficient (Wildman–Crippen LogP) is 3.66. The summed E-state index contributed by atoms with van der Waals surface area (Å²) in [6, 6.07) is 4.78. The number of ether oxygens (including phenoxy) is 2. The maximum Gasteiger partial charge on any atom is 0.387 e. The van der Waals surface area contributed by atoms with E-state index in [0.717, 1.165) is 5.56 Å². The highest BCUT2D eigenvalue weighted by atomic mass is 79.9. The van der Waals surface area contributed by atoms with E-state index < -0.39 is 6.61 Å². The molecule has 2 nitrogen and oxygen atoms in total. The summed E-state index contributed by atoms with van der Waals surface area (Å²) < 4.78 is 33.3. The molecule has 0 heterocycles. The van der Waals surface area contributed by atoms with Gasteiger partial charge in [0.1, 0.15) is 0 Å². The number of hydrogen-bond acceptors (Lipinski definition) is 2. The van der Waals surface area contributed by atoms with Crippen LogP contribution in [0.4, 0.5) is 8.78 Å². The minimum absolute atomic E-state index is 0.0237. The van der Waals surface area contributed by atoms with Gasteiger partial charge in [-0.1, -0.05) is 22.0 Å². The van der Waals surface area contributed by atoms with Crippen LogP contribution in [0.5, 0.6) is 11.5 Å². The van der Waals surface area contributed by atoms with Gasteiger partial charge in [0.25, 0.3) is 0 Å². The average molecular weight is 279 g/mol. The number of alkyl halides is 2. The molecule has 1 aromatic carbocycles. The van der Waals surface area contributed by atoms with E-state index in [1.165, 1.54) is 13.2 Å². The van der Waals surface area contributed by atoms with Gasteiger partial charge in [0, 0.05) is 0 Å². The van der Waals surface area contributed by atoms with Crippen LogP contribution in [-0.2, 0) is 0 Å². The molecule has 0 fully saturated rings. The van der Waals surface area contributed by atoms with E-state index >= 15 is 0 Å². The van der Waals surface area contributed by atoms with Crippen molar-refractivity contribution in [2.24, 2.45) is 0 Å². The first-order valence-electron chi connectivity index (χ1n) is 4.07. The molecule has 1 aromatic rings. The van der Waals surface area contributed by atoms with Crippen molar-refractivity contribution in [1.82, 2.24) is 0 Å². The Bertz CT molecular complexity index is 353. The van der Waals surface area contributed by atoms with E-state index in [9.17, 15) is 8.78 Å². The van der Waals surface area contributed by atoms with Crippen molar-refractivity contribution in [3.05, 3.63) is 28.7 Å². The zero-order chi connectivity index (χ0) is 11.3. The van der Waals surface area contributed by atoms with Crippen molar-refractivity contribution >= 4 is 22.0 Å². The molecule has 0 atom stereocenters. The van der Waals surface area contributed by atoms with E-state index in [1.54, 1.807) is 23.2 Å². The highest BCUT2D eigenvalue weighted by molar-refractivity contribution is 9.11. The summed E-state index contributed by atoms with van der Waals surface area (Å²) in [5, 5.41) is 0. The molecule has 0 bridgehead atoms. The quantitative estimate of drug-likeness (QED) is 0.837. The van der Waals surface area contributed by atoms with Gasteiger partial charge in [0.2, 0.25) is 0 Å². The molecule has 0 saturated heterocycles. The Morgan fingerprint density at radius 1 is 1.33 bits per heavy atom. The molecular formula is C10H9BrF2O2. The Hall–Kier alpha value is -1.10. The molecule has 5 heteroatoms. The van der Waals surface area contributed by atoms with Crippen molar-refractivity contribution in [1.29, 1.82) is 0 Å². The smallest absolute Gasteiger partial charge is 0.387 e. The topological polar surface area (TPSA) is 18.5 Å². The zero-order valence-electron chi connectivity index (χ0n) is 7.91. The Labute approximate surface area is 94.6 Å². The van der Waals surface area contributed by atoms with E-state index in [4.69, 9.17) is 4.74 Å². The summed E-state index contributed by atoms with van der Waals surface area (Å²) >= 11 is 3.10. The molecule has 0 aromatic heterocycles. The van der Waals surface area contributed by atoms with Crippen LogP contribution >= 0.6 is 15.9 Å². The third-order valence-electron chi connectivity index (χ3n) is 1.66. The van der Waals surface area contributed by atoms with Crippen LogP contribution in [-0.4, -0.2) is 13.7 Å². The second kappa shape index (κ2) is 5.70. The van der Waals surface area contributed by atoms with Crippen molar-refractivity contribution in [2.45, 2.75) is 6.61 Å². The fourth-order valence-corrected chi connectivity index (χ4v) is 1.36. The second-order valence-corrected chi connectivity index (χ2v) is 3.11. The third kappa shape index (κ3) is 3.51. The van der Waals surface area contributed by atoms with E-state index in [1.807, 2.05) is 0 Å². The van der Waals surface area contributed by atoms with Gasteiger partial charge in [0.15, 0.2) is 11.5 Å². The van der Waals surface area contributed by atoms with E-state index in [-0.39, 0.29) is 11.5 Å². The molecule has 82 valence electrons. The van der Waals surface area contributed by atoms with Crippen molar-refractivity contribution in [3.8, 4) is 11.5 Å². The van der Waals surface area contributed by atoms with Crippen LogP contribution < -0.4 is 9.47 Å². The molecule has 0 spiro atoms. The minimum Gasteiger partial charge on any atom is -0.493 e. The maximum atomic E-state index is 12.0. The zero-order valence-corrected chi connectivity index (χ0v) is 9.50. The Kier molecular flexibility index (Phi) is 4.55. The van der Waals surface area contributed by atoms with Crippen LogP contribution in [0.25, 0.3) is 6.08 Å². The molecule has 0 aliphatic carbocycles. The summed E-state index contributed by atoms with van der Waals surface area (Å²) in [6.07, 6.45) is 1.71. The van der Waals surface area contributed by atoms with Gasteiger partial charge in [-0.3, -0.25) is 0 Å². The summed E-state index contributed by atoms with van der Waals surface area (Å²) in [7, 11) is 1.40. The van der Waals surface area contributed by atoms with Gasteiger partial charge < -0.3 is 9.47 Å². The van der Waals surface area contributed by atoms with Crippen LogP contribution in [0.15, 0.2) is 23.2 Å². The third-order valence-corrected chi connectivity index (χ3v) is 1.92. The molecule has 0 radical (unpaired) electrons. The first-order chi connectivity index (χ1) is 7.17. The fraction of sp³-hybridized carbons (Fsp3) is 0.200. The Morgan fingerprint density at radius 3 is 2.60 bits per heavy atom. The Balaban J connectivity index is 3.01. The van der Waals surface area contributed by atoms with Crippen LogP contribution in [0.3, 0.4) is 0 Å². The van der Waals surface area contributed by atoms with Gasteiger partial charge in [-0.15, -0.1) is 0 Å². The van der Waals surface area contributed by atoms with Crippen LogP contribution in [0.2, 0.25) is 0 Å². The van der Waals surface area contributed by atoms with Crippen LogP contribution in [0.1, 0.15) is 5.56 Å². The number of rotatable bonds is 4. The normalized spacial score (nSPS) is 11.0. The summed E-state index contributed by atoms with van der Waals surface area (Å²) in [5.74, 6) is 0.303. The standard InChI is InChI=1S/C10H9BrF2O2/c1-14-8-3-2-7(4-5-11)6-9(8)15-10(12)13/h2-6,10H,1H3/b5-4+. The molecule has 0 unspecified atom stereocenters. The average Bonchev–Trinajstić information content (AvgIpc) is 2.18. The number of hydrogen-bond donors (Lipinski definition) is 0. The van der Waals surface area contributed by atoms with Crippen molar-refractivity contribution < 1.29 is 18.3 Å². The molecule has 1 rings (SSSR count). The summed E-state index contributed by atoms with van der Waals surface area (Å²) in [6.45, 7) is -2.86. The first kappa shape index (κ1) is 12.0. The van der Waals surface area contributed by atoms with Gasteiger partial charge >= 0.3 is 6.61 Å². The summed E-state index contributed by atoms with van der Waals surface area (Å²) in [4.78, 5) is 1.63. The van der Waals surface area contributed by atoms with Crippen molar-refractivity contribution in [3.63, 3.8) is 0 Å². The fourth-order valence-electron chi connectivity index (χ4n) is 1.06. The first-order valence-corrected chi connectivity index (χ1v) is 4.98. The molecule has 0 saturated carbocycles. The SMILES string of the molecule is COc1ccc(/C=C/Br)cc1OC(F)F. The second-order valence-electron chi connectivity index (χ2n) is 2.58. The van der Waals surface area contributed by atoms with Gasteiger partial charge in [-0.05, 0) is 28.8 Å². The number of benzene rings is 1. The number of halogens is 3. The van der Waals surface area contributed by atoms with E-state index in [2.05, 4.69) is 20.7 Å². The lowest BCUT2D eigenvalue weighted by Gasteiger charge is -2.10. The molecule has 0 N–H and O–H groups in total. The van der Waals surface area contributed by atoms with Crippen LogP contribution in [0, 0.1) is 0 Å². The highest BCUT2D eigenvalue weighted by Gasteiger charge is 2.10. The minimum atomic E-state index is -2.86. The lowest BCUT2D eigenvalue weighted by Crippen LogP contribution is -2.03. The van der Waals surface area contributed by atoms with Gasteiger partial charge in [0.05, 0.1) is 7.11 Å². The molecular weight excluding hydrogens is 270 g/mol. The van der Waals surface area contributed by atoms with E-state index in [0.29, 0.717) is 0 Å². The molecule has 0 amide bonds. The highest BCUT2D eigenvalue weighted by Crippen LogP contribution is 2.29. The Morgan fingerprint density at radius 2 is 2.07 bits per heavy atom. The number of methoxy groups -OCH3 is 1. The molecule has 0 aliphatic rings. The molecule has 0 aliphatic heterocycles. The molecule has 15 heavy (non-hydrogen) atoms. The summed E-state index contributed by atoms with van der Waals surface area (Å²) in [5.41, 5.74) is 0.739. The monoisotopic (exact) mass is 278 g/mol. The van der Waals surface area contributed by atoms with Crippen molar-refractivity contribution in [2.75, 3.05) is 7.11 Å².